The van der Waals surface area contributed by atoms with Gasteiger partial charge < -0.3 is 5.11 Å². The molecule has 0 aliphatic carbocycles. The summed E-state index contributed by atoms with van der Waals surface area (Å²) in [4.78, 5) is 0. The molecule has 1 rings (SSSR count). The zero-order valence-corrected chi connectivity index (χ0v) is 10.6. The number of hydrogen-bond acceptors (Lipinski definition) is 1. The van der Waals surface area contributed by atoms with Crippen molar-refractivity contribution in [2.24, 2.45) is 0 Å². The highest BCUT2D eigenvalue weighted by Crippen LogP contribution is 2.14. The molecular formula is C8H11IOSi. The van der Waals surface area contributed by atoms with Crippen LogP contribution in [0.15, 0.2) is 18.2 Å². The molecule has 0 radical (unpaired) electrons. The van der Waals surface area contributed by atoms with Crippen molar-refractivity contribution >= 4 is 32.8 Å². The van der Waals surface area contributed by atoms with Crippen molar-refractivity contribution in [2.45, 2.75) is 12.7 Å². The third kappa shape index (κ3) is 2.28. The van der Waals surface area contributed by atoms with Crippen molar-refractivity contribution in [3.05, 3.63) is 32.9 Å². The van der Waals surface area contributed by atoms with Gasteiger partial charge >= 0.3 is 0 Å². The molecule has 0 saturated carbocycles. The number of rotatable bonds is 2. The summed E-state index contributed by atoms with van der Waals surface area (Å²) in [6.07, 6.45) is 0. The molecule has 60 valence electrons. The van der Waals surface area contributed by atoms with Crippen LogP contribution in [-0.4, -0.2) is 15.3 Å². The van der Waals surface area contributed by atoms with Crippen LogP contribution in [0.4, 0.5) is 0 Å². The fourth-order valence-electron chi connectivity index (χ4n) is 0.969. The van der Waals surface area contributed by atoms with Gasteiger partial charge in [0.25, 0.3) is 0 Å². The van der Waals surface area contributed by atoms with Crippen molar-refractivity contribution in [1.82, 2.24) is 0 Å². The van der Waals surface area contributed by atoms with Gasteiger partial charge in [-0.1, -0.05) is 17.7 Å². The standard InChI is InChI=1S/C8H11IOSi/c9-8-2-1-6(5-11)3-7(8)4-10/h1-3,10H,4-5H2,11H3. The van der Waals surface area contributed by atoms with Crippen molar-refractivity contribution in [2.75, 3.05) is 0 Å². The summed E-state index contributed by atoms with van der Waals surface area (Å²) in [5.74, 6) is 0. The molecule has 0 aliphatic rings. The number of halogens is 1. The first-order valence-corrected chi connectivity index (χ1v) is 6.15. The Balaban J connectivity index is 3.02. The third-order valence-electron chi connectivity index (χ3n) is 1.69. The average Bonchev–Trinajstić information content (AvgIpc) is 2.05. The van der Waals surface area contributed by atoms with E-state index < -0.39 is 0 Å². The largest absolute Gasteiger partial charge is 0.392 e. The molecule has 0 fully saturated rings. The number of hydrogen-bond donors (Lipinski definition) is 1. The summed E-state index contributed by atoms with van der Waals surface area (Å²) < 4.78 is 1.16. The maximum Gasteiger partial charge on any atom is 0.0692 e. The lowest BCUT2D eigenvalue weighted by Crippen LogP contribution is -1.91. The lowest BCUT2D eigenvalue weighted by Gasteiger charge is -2.02. The predicted octanol–water partition coefficient (Wildman–Crippen LogP) is 0.649. The Bertz CT molecular complexity index is 250. The third-order valence-corrected chi connectivity index (χ3v) is 3.56. The summed E-state index contributed by atoms with van der Waals surface area (Å²) >= 11 is 2.24. The predicted molar refractivity (Wildman–Crippen MR) is 58.7 cm³/mol. The molecule has 0 unspecified atom stereocenters. The van der Waals surface area contributed by atoms with Crippen molar-refractivity contribution < 1.29 is 5.11 Å². The molecule has 11 heavy (non-hydrogen) atoms. The second-order valence-electron chi connectivity index (χ2n) is 2.44. The van der Waals surface area contributed by atoms with Gasteiger partial charge in [-0.05, 0) is 40.3 Å². The molecule has 0 saturated heterocycles. The maximum atomic E-state index is 8.94. The Labute approximate surface area is 83.4 Å². The van der Waals surface area contributed by atoms with Gasteiger partial charge in [0.15, 0.2) is 0 Å². The topological polar surface area (TPSA) is 20.2 Å². The lowest BCUT2D eigenvalue weighted by atomic mass is 10.1. The molecule has 0 spiro atoms. The maximum absolute atomic E-state index is 8.94. The van der Waals surface area contributed by atoms with Crippen LogP contribution in [0.3, 0.4) is 0 Å². The monoisotopic (exact) mass is 278 g/mol. The molecule has 0 aliphatic heterocycles. The molecule has 1 aromatic carbocycles. The van der Waals surface area contributed by atoms with E-state index in [0.29, 0.717) is 0 Å². The minimum atomic E-state index is 0.160. The molecule has 1 aromatic rings. The van der Waals surface area contributed by atoms with Crippen LogP contribution < -0.4 is 0 Å². The van der Waals surface area contributed by atoms with Gasteiger partial charge in [0, 0.05) is 13.8 Å². The normalized spacial score (nSPS) is 10.4. The Morgan fingerprint density at radius 3 is 2.73 bits per heavy atom. The molecule has 3 heteroatoms. The smallest absolute Gasteiger partial charge is 0.0692 e. The minimum absolute atomic E-state index is 0.160. The number of aliphatic hydroxyl groups excluding tert-OH is 1. The van der Waals surface area contributed by atoms with Gasteiger partial charge in [-0.2, -0.15) is 0 Å². The first-order chi connectivity index (χ1) is 5.27. The van der Waals surface area contributed by atoms with Crippen LogP contribution in [0, 0.1) is 3.57 Å². The molecular weight excluding hydrogens is 267 g/mol. The molecule has 1 N–H and O–H groups in total. The van der Waals surface area contributed by atoms with E-state index in [-0.39, 0.29) is 6.61 Å². The fourth-order valence-corrected chi connectivity index (χ4v) is 1.92. The van der Waals surface area contributed by atoms with E-state index in [1.165, 1.54) is 21.9 Å². The van der Waals surface area contributed by atoms with Crippen LogP contribution in [0.5, 0.6) is 0 Å². The van der Waals surface area contributed by atoms with Crippen molar-refractivity contribution in [1.29, 1.82) is 0 Å². The zero-order chi connectivity index (χ0) is 8.27. The van der Waals surface area contributed by atoms with Crippen molar-refractivity contribution in [3.63, 3.8) is 0 Å². The molecule has 0 atom stereocenters. The summed E-state index contributed by atoms with van der Waals surface area (Å²) in [6.45, 7) is 0.160. The van der Waals surface area contributed by atoms with E-state index in [1.807, 2.05) is 0 Å². The van der Waals surface area contributed by atoms with Crippen LogP contribution in [0.25, 0.3) is 0 Å². The van der Waals surface area contributed by atoms with Crippen LogP contribution in [-0.2, 0) is 12.7 Å². The van der Waals surface area contributed by atoms with Gasteiger partial charge in [0.1, 0.15) is 0 Å². The van der Waals surface area contributed by atoms with Gasteiger partial charge in [0.05, 0.1) is 6.61 Å². The zero-order valence-electron chi connectivity index (χ0n) is 6.47. The highest BCUT2D eigenvalue weighted by Gasteiger charge is 1.97. The summed E-state index contributed by atoms with van der Waals surface area (Å²) in [5.41, 5.74) is 2.40. The Morgan fingerprint density at radius 1 is 1.45 bits per heavy atom. The first-order valence-electron chi connectivity index (χ1n) is 3.66. The van der Waals surface area contributed by atoms with E-state index in [0.717, 1.165) is 9.13 Å². The Hall–Kier alpha value is 0.127. The van der Waals surface area contributed by atoms with Crippen LogP contribution in [0.1, 0.15) is 11.1 Å². The van der Waals surface area contributed by atoms with Crippen molar-refractivity contribution in [3.8, 4) is 0 Å². The highest BCUT2D eigenvalue weighted by atomic mass is 127. The molecule has 1 nitrogen and oxygen atoms in total. The summed E-state index contributed by atoms with van der Waals surface area (Å²) in [5, 5.41) is 8.94. The average molecular weight is 278 g/mol. The second kappa shape index (κ2) is 4.23. The van der Waals surface area contributed by atoms with Gasteiger partial charge in [-0.25, -0.2) is 0 Å². The molecule has 0 bridgehead atoms. The van der Waals surface area contributed by atoms with Gasteiger partial charge in [-0.15, -0.1) is 0 Å². The van der Waals surface area contributed by atoms with E-state index in [1.54, 1.807) is 0 Å². The fraction of sp³-hybridized carbons (Fsp3) is 0.250. The molecule has 0 aromatic heterocycles. The van der Waals surface area contributed by atoms with E-state index >= 15 is 0 Å². The number of aliphatic hydroxyl groups is 1. The quantitative estimate of drug-likeness (QED) is 0.622. The molecule has 0 heterocycles. The van der Waals surface area contributed by atoms with E-state index in [2.05, 4.69) is 40.8 Å². The van der Waals surface area contributed by atoms with Crippen LogP contribution in [0.2, 0.25) is 0 Å². The Kier molecular flexibility index (Phi) is 3.54. The van der Waals surface area contributed by atoms with Gasteiger partial charge in [-0.3, -0.25) is 0 Å². The summed E-state index contributed by atoms with van der Waals surface area (Å²) in [7, 11) is 1.19. The van der Waals surface area contributed by atoms with E-state index in [4.69, 9.17) is 5.11 Å². The minimum Gasteiger partial charge on any atom is -0.392 e. The van der Waals surface area contributed by atoms with Gasteiger partial charge in [0.2, 0.25) is 0 Å². The van der Waals surface area contributed by atoms with E-state index in [9.17, 15) is 0 Å². The highest BCUT2D eigenvalue weighted by molar-refractivity contribution is 14.1. The Morgan fingerprint density at radius 2 is 2.18 bits per heavy atom. The molecule has 0 amide bonds. The van der Waals surface area contributed by atoms with Crippen LogP contribution >= 0.6 is 22.6 Å². The lowest BCUT2D eigenvalue weighted by molar-refractivity contribution is 0.281. The second-order valence-corrected chi connectivity index (χ2v) is 4.31. The SMILES string of the molecule is OCc1cc(C[SiH3])ccc1I. The first kappa shape index (κ1) is 9.22. The summed E-state index contributed by atoms with van der Waals surface area (Å²) in [6, 6.07) is 7.46. The number of benzene rings is 1.